The number of benzene rings is 1. The second-order valence-electron chi connectivity index (χ2n) is 5.88. The van der Waals surface area contributed by atoms with Crippen molar-refractivity contribution < 1.29 is 14.3 Å². The van der Waals surface area contributed by atoms with Gasteiger partial charge in [0.05, 0.1) is 36.2 Å². The van der Waals surface area contributed by atoms with Gasteiger partial charge in [0.15, 0.2) is 0 Å². The van der Waals surface area contributed by atoms with Gasteiger partial charge in [0.25, 0.3) is 0 Å². The molecule has 0 unspecified atom stereocenters. The molecule has 3 rings (SSSR count). The van der Waals surface area contributed by atoms with Crippen molar-refractivity contribution >= 4 is 17.6 Å². The lowest BCUT2D eigenvalue weighted by Gasteiger charge is -2.09. The summed E-state index contributed by atoms with van der Waals surface area (Å²) in [5.74, 6) is 0.268. The fourth-order valence-corrected chi connectivity index (χ4v) is 2.80. The molecule has 2 aromatic heterocycles. The molecular formula is C21H19ClN2O3. The lowest BCUT2D eigenvalue weighted by atomic mass is 10.1. The number of hydrogen-bond donors (Lipinski definition) is 0. The molecule has 6 heteroatoms. The van der Waals surface area contributed by atoms with E-state index in [1.807, 2.05) is 30.3 Å². The second kappa shape index (κ2) is 9.14. The van der Waals surface area contributed by atoms with Gasteiger partial charge in [-0.2, -0.15) is 0 Å². The average Bonchev–Trinajstić information content (AvgIpc) is 2.72. The third-order valence-corrected chi connectivity index (χ3v) is 4.32. The van der Waals surface area contributed by atoms with Crippen LogP contribution in [0.25, 0.3) is 11.3 Å². The third kappa shape index (κ3) is 5.05. The van der Waals surface area contributed by atoms with Gasteiger partial charge in [0, 0.05) is 18.0 Å². The van der Waals surface area contributed by atoms with Crippen LogP contribution in [0.5, 0.6) is 5.75 Å². The Kier molecular flexibility index (Phi) is 6.39. The fourth-order valence-electron chi connectivity index (χ4n) is 2.61. The van der Waals surface area contributed by atoms with E-state index in [1.54, 1.807) is 37.8 Å². The van der Waals surface area contributed by atoms with Crippen molar-refractivity contribution in [3.63, 3.8) is 0 Å². The Labute approximate surface area is 163 Å². The summed E-state index contributed by atoms with van der Waals surface area (Å²) in [6, 6.07) is 12.7. The summed E-state index contributed by atoms with van der Waals surface area (Å²) in [5.41, 5.74) is 2.95. The van der Waals surface area contributed by atoms with Crippen LogP contribution >= 0.6 is 11.6 Å². The van der Waals surface area contributed by atoms with Crippen LogP contribution in [0.2, 0.25) is 5.02 Å². The molecule has 0 spiro atoms. The van der Waals surface area contributed by atoms with Crippen LogP contribution < -0.4 is 4.74 Å². The highest BCUT2D eigenvalue weighted by Gasteiger charge is 2.14. The summed E-state index contributed by atoms with van der Waals surface area (Å²) in [5, 5.41) is 0.358. The number of carbonyl (C=O) groups excluding carboxylic acids is 1. The number of rotatable bonds is 7. The quantitative estimate of drug-likeness (QED) is 0.441. The summed E-state index contributed by atoms with van der Waals surface area (Å²) in [6.45, 7) is 0.292. The second-order valence-corrected chi connectivity index (χ2v) is 6.29. The molecular weight excluding hydrogens is 364 g/mol. The van der Waals surface area contributed by atoms with E-state index in [9.17, 15) is 4.79 Å². The molecule has 5 nitrogen and oxygen atoms in total. The van der Waals surface area contributed by atoms with Crippen LogP contribution in [-0.4, -0.2) is 29.7 Å². The maximum Gasteiger partial charge on any atom is 0.339 e. The first kappa shape index (κ1) is 18.9. The van der Waals surface area contributed by atoms with Crippen molar-refractivity contribution in [1.82, 2.24) is 9.97 Å². The number of nitrogens with zero attached hydrogens (tertiary/aromatic N) is 2. The normalized spacial score (nSPS) is 10.4. The highest BCUT2D eigenvalue weighted by atomic mass is 35.5. The number of ether oxygens (including phenoxy) is 2. The molecule has 2 heterocycles. The number of hydrogen-bond acceptors (Lipinski definition) is 5. The van der Waals surface area contributed by atoms with Crippen LogP contribution in [0.3, 0.4) is 0 Å². The number of pyridine rings is 2. The Hall–Kier alpha value is -2.92. The molecule has 0 bridgehead atoms. The fraction of sp³-hybridized carbons (Fsp3) is 0.190. The van der Waals surface area contributed by atoms with Gasteiger partial charge in [-0.1, -0.05) is 23.7 Å². The molecule has 0 saturated heterocycles. The molecule has 0 N–H and O–H groups in total. The molecule has 138 valence electrons. The Morgan fingerprint density at radius 2 is 2.04 bits per heavy atom. The number of methoxy groups -OCH3 is 1. The molecule has 0 aliphatic carbocycles. The lowest BCUT2D eigenvalue weighted by molar-refractivity contribution is 0.0501. The summed E-state index contributed by atoms with van der Waals surface area (Å²) < 4.78 is 10.5. The van der Waals surface area contributed by atoms with E-state index in [1.165, 1.54) is 0 Å². The molecule has 0 fully saturated rings. The van der Waals surface area contributed by atoms with E-state index in [-0.39, 0.29) is 0 Å². The van der Waals surface area contributed by atoms with Crippen molar-refractivity contribution in [2.24, 2.45) is 0 Å². The SMILES string of the molecule is COc1cncc(CCCOC(=O)c2cc(-c3ccccn3)ccc2Cl)c1. The minimum absolute atomic E-state index is 0.292. The van der Waals surface area contributed by atoms with E-state index < -0.39 is 5.97 Å². The van der Waals surface area contributed by atoms with Gasteiger partial charge < -0.3 is 9.47 Å². The van der Waals surface area contributed by atoms with Crippen molar-refractivity contribution in [2.75, 3.05) is 13.7 Å². The molecule has 0 saturated carbocycles. The Morgan fingerprint density at radius 1 is 1.15 bits per heavy atom. The van der Waals surface area contributed by atoms with E-state index in [0.29, 0.717) is 29.4 Å². The summed E-state index contributed by atoms with van der Waals surface area (Å²) in [7, 11) is 1.60. The van der Waals surface area contributed by atoms with Gasteiger partial charge in [-0.25, -0.2) is 4.79 Å². The van der Waals surface area contributed by atoms with Crippen LogP contribution in [0.4, 0.5) is 0 Å². The van der Waals surface area contributed by atoms with Crippen molar-refractivity contribution in [3.05, 3.63) is 77.2 Å². The number of carbonyl (C=O) groups is 1. The molecule has 0 atom stereocenters. The molecule has 27 heavy (non-hydrogen) atoms. The minimum atomic E-state index is -0.443. The zero-order chi connectivity index (χ0) is 19.1. The third-order valence-electron chi connectivity index (χ3n) is 4.00. The van der Waals surface area contributed by atoms with E-state index >= 15 is 0 Å². The number of halogens is 1. The van der Waals surface area contributed by atoms with Crippen molar-refractivity contribution in [1.29, 1.82) is 0 Å². The van der Waals surface area contributed by atoms with Gasteiger partial charge >= 0.3 is 5.97 Å². The minimum Gasteiger partial charge on any atom is -0.495 e. The molecule has 3 aromatic rings. The van der Waals surface area contributed by atoms with E-state index in [0.717, 1.165) is 23.2 Å². The first-order valence-corrected chi connectivity index (χ1v) is 8.91. The van der Waals surface area contributed by atoms with Gasteiger partial charge in [-0.05, 0) is 48.7 Å². The van der Waals surface area contributed by atoms with Crippen molar-refractivity contribution in [3.8, 4) is 17.0 Å². The summed E-state index contributed by atoms with van der Waals surface area (Å²) in [4.78, 5) is 20.8. The molecule has 0 aliphatic heterocycles. The average molecular weight is 383 g/mol. The van der Waals surface area contributed by atoms with Gasteiger partial charge in [-0.3, -0.25) is 9.97 Å². The highest BCUT2D eigenvalue weighted by molar-refractivity contribution is 6.33. The van der Waals surface area contributed by atoms with E-state index in [4.69, 9.17) is 21.1 Å². The van der Waals surface area contributed by atoms with Gasteiger partial charge in [0.2, 0.25) is 0 Å². The highest BCUT2D eigenvalue weighted by Crippen LogP contribution is 2.24. The predicted octanol–water partition coefficient (Wildman–Crippen LogP) is 4.60. The van der Waals surface area contributed by atoms with Crippen LogP contribution in [0.1, 0.15) is 22.3 Å². The number of esters is 1. The molecule has 0 aliphatic rings. The smallest absolute Gasteiger partial charge is 0.339 e. The molecule has 0 amide bonds. The Balaban J connectivity index is 1.59. The van der Waals surface area contributed by atoms with Crippen LogP contribution in [0, 0.1) is 0 Å². The first-order valence-electron chi connectivity index (χ1n) is 8.53. The largest absolute Gasteiger partial charge is 0.495 e. The predicted molar refractivity (Wildman–Crippen MR) is 104 cm³/mol. The van der Waals surface area contributed by atoms with Gasteiger partial charge in [0.1, 0.15) is 5.75 Å². The standard InChI is InChI=1S/C21H19ClN2O3/c1-26-17-11-15(13-23-14-17)5-4-10-27-21(25)18-12-16(7-8-19(18)22)20-6-2-3-9-24-20/h2-3,6-9,11-14H,4-5,10H2,1H3. The van der Waals surface area contributed by atoms with Crippen molar-refractivity contribution in [2.45, 2.75) is 12.8 Å². The Bertz CT molecular complexity index is 916. The van der Waals surface area contributed by atoms with Crippen LogP contribution in [0.15, 0.2) is 61.1 Å². The van der Waals surface area contributed by atoms with Gasteiger partial charge in [-0.15, -0.1) is 0 Å². The maximum atomic E-state index is 12.4. The Morgan fingerprint density at radius 3 is 2.81 bits per heavy atom. The summed E-state index contributed by atoms with van der Waals surface area (Å²) in [6.07, 6.45) is 6.55. The first-order chi connectivity index (χ1) is 13.2. The number of aromatic nitrogens is 2. The molecule has 0 radical (unpaired) electrons. The lowest BCUT2D eigenvalue weighted by Crippen LogP contribution is -2.08. The zero-order valence-electron chi connectivity index (χ0n) is 14.9. The van der Waals surface area contributed by atoms with E-state index in [2.05, 4.69) is 9.97 Å². The maximum absolute atomic E-state index is 12.4. The summed E-state index contributed by atoms with van der Waals surface area (Å²) >= 11 is 6.18. The molecule has 1 aromatic carbocycles. The topological polar surface area (TPSA) is 61.3 Å². The zero-order valence-corrected chi connectivity index (χ0v) is 15.6. The number of aryl methyl sites for hydroxylation is 1. The van der Waals surface area contributed by atoms with Crippen LogP contribution in [-0.2, 0) is 11.2 Å². The monoisotopic (exact) mass is 382 g/mol.